The highest BCUT2D eigenvalue weighted by molar-refractivity contribution is 5.99. The van der Waals surface area contributed by atoms with E-state index >= 15 is 0 Å². The smallest absolute Gasteiger partial charge is 0.256 e. The van der Waals surface area contributed by atoms with Gasteiger partial charge in [-0.15, -0.1) is 0 Å². The summed E-state index contributed by atoms with van der Waals surface area (Å²) in [6.45, 7) is 3.46. The third kappa shape index (κ3) is 5.30. The van der Waals surface area contributed by atoms with Gasteiger partial charge in [0.2, 0.25) is 0 Å². The predicted octanol–water partition coefficient (Wildman–Crippen LogP) is 2.52. The molecule has 1 rings (SSSR count). The van der Waals surface area contributed by atoms with Crippen molar-refractivity contribution in [3.8, 4) is 0 Å². The highest BCUT2D eigenvalue weighted by atomic mass is 19.3. The summed E-state index contributed by atoms with van der Waals surface area (Å²) < 4.78 is 25.1. The number of rotatable bonds is 8. The first kappa shape index (κ1) is 17.4. The lowest BCUT2D eigenvalue weighted by Gasteiger charge is -2.23. The molecular weight excluding hydrogens is 278 g/mol. The van der Waals surface area contributed by atoms with Gasteiger partial charge in [-0.05, 0) is 31.0 Å². The van der Waals surface area contributed by atoms with Gasteiger partial charge in [0, 0.05) is 18.8 Å². The normalized spacial score (nSPS) is 10.8. The van der Waals surface area contributed by atoms with E-state index in [2.05, 4.69) is 5.32 Å². The van der Waals surface area contributed by atoms with Gasteiger partial charge >= 0.3 is 0 Å². The lowest BCUT2D eigenvalue weighted by atomic mass is 10.1. The molecule has 0 aliphatic carbocycles. The molecule has 1 amide bonds. The number of nitrogens with one attached hydrogen (secondary N) is 1. The zero-order chi connectivity index (χ0) is 15.8. The van der Waals surface area contributed by atoms with Gasteiger partial charge < -0.3 is 15.3 Å². The van der Waals surface area contributed by atoms with Gasteiger partial charge in [0.25, 0.3) is 12.3 Å². The maximum Gasteiger partial charge on any atom is 0.256 e. The van der Waals surface area contributed by atoms with E-state index in [4.69, 9.17) is 5.11 Å². The summed E-state index contributed by atoms with van der Waals surface area (Å²) in [5.74, 6) is -0.497. The first-order chi connectivity index (χ1) is 9.99. The van der Waals surface area contributed by atoms with Crippen LogP contribution in [0.5, 0.6) is 0 Å². The van der Waals surface area contributed by atoms with Crippen molar-refractivity contribution in [2.45, 2.75) is 26.7 Å². The summed E-state index contributed by atoms with van der Waals surface area (Å²) in [5, 5.41) is 12.1. The number of nitrogens with zero attached hydrogens (tertiary/aromatic N) is 1. The molecule has 0 saturated heterocycles. The van der Waals surface area contributed by atoms with Crippen molar-refractivity contribution >= 4 is 11.6 Å². The quantitative estimate of drug-likeness (QED) is 0.775. The van der Waals surface area contributed by atoms with Crippen LogP contribution in [0.4, 0.5) is 14.5 Å². The fraction of sp³-hybridized carbons (Fsp3) is 0.533. The molecule has 0 atom stereocenters. The lowest BCUT2D eigenvalue weighted by Crippen LogP contribution is -2.37. The predicted molar refractivity (Wildman–Crippen MR) is 79.0 cm³/mol. The van der Waals surface area contributed by atoms with Gasteiger partial charge in [0.15, 0.2) is 0 Å². The van der Waals surface area contributed by atoms with Crippen molar-refractivity contribution in [1.29, 1.82) is 0 Å². The topological polar surface area (TPSA) is 52.6 Å². The highest BCUT2D eigenvalue weighted by Gasteiger charge is 2.21. The molecule has 0 fully saturated rings. The summed E-state index contributed by atoms with van der Waals surface area (Å²) >= 11 is 0. The van der Waals surface area contributed by atoms with Crippen molar-refractivity contribution in [3.05, 3.63) is 29.3 Å². The molecule has 1 aromatic carbocycles. The Bertz CT molecular complexity index is 467. The average Bonchev–Trinajstić information content (AvgIpc) is 2.43. The first-order valence-corrected chi connectivity index (χ1v) is 7.02. The third-order valence-electron chi connectivity index (χ3n) is 2.99. The number of benzene rings is 1. The molecule has 0 aromatic heterocycles. The summed E-state index contributed by atoms with van der Waals surface area (Å²) in [6, 6.07) is 5.22. The molecule has 118 valence electrons. The minimum Gasteiger partial charge on any atom is -0.395 e. The Kier molecular flexibility index (Phi) is 7.08. The fourth-order valence-electron chi connectivity index (χ4n) is 1.98. The number of alkyl halides is 2. The minimum atomic E-state index is -2.63. The molecule has 0 aliphatic rings. The molecule has 1 aromatic rings. The summed E-state index contributed by atoms with van der Waals surface area (Å²) in [6.07, 6.45) is -1.74. The molecule has 6 heteroatoms. The largest absolute Gasteiger partial charge is 0.395 e. The monoisotopic (exact) mass is 300 g/mol. The lowest BCUT2D eigenvalue weighted by molar-refractivity contribution is 0.0510. The molecule has 0 radical (unpaired) electrons. The number of halogens is 2. The van der Waals surface area contributed by atoms with Gasteiger partial charge in [-0.1, -0.05) is 13.0 Å². The van der Waals surface area contributed by atoms with Crippen LogP contribution in [0.3, 0.4) is 0 Å². The Balaban J connectivity index is 3.02. The standard InChI is InChI=1S/C15H22F2N2O2/c1-3-6-18-13-9-11(2)4-5-12(13)15(21)19(7-8-20)10-14(16)17/h4-5,9,14,18,20H,3,6-8,10H2,1-2H3. The number of aryl methyl sites for hydroxylation is 1. The van der Waals surface area contributed by atoms with Crippen LogP contribution >= 0.6 is 0 Å². The summed E-state index contributed by atoms with van der Waals surface area (Å²) in [7, 11) is 0. The molecule has 0 heterocycles. The van der Waals surface area contributed by atoms with Crippen LogP contribution in [-0.2, 0) is 0 Å². The number of amides is 1. The van der Waals surface area contributed by atoms with Gasteiger partial charge in [0.05, 0.1) is 18.7 Å². The van der Waals surface area contributed by atoms with Crippen LogP contribution < -0.4 is 5.32 Å². The van der Waals surface area contributed by atoms with Crippen molar-refractivity contribution in [2.75, 3.05) is 31.6 Å². The molecule has 0 spiro atoms. The summed E-state index contributed by atoms with van der Waals surface area (Å²) in [4.78, 5) is 13.4. The van der Waals surface area contributed by atoms with Crippen LogP contribution in [0.1, 0.15) is 29.3 Å². The van der Waals surface area contributed by atoms with E-state index in [0.717, 1.165) is 16.9 Å². The molecule has 0 saturated carbocycles. The number of carbonyl (C=O) groups is 1. The van der Waals surface area contributed by atoms with Gasteiger partial charge in [-0.3, -0.25) is 4.79 Å². The zero-order valence-corrected chi connectivity index (χ0v) is 12.4. The second-order valence-corrected chi connectivity index (χ2v) is 4.84. The third-order valence-corrected chi connectivity index (χ3v) is 2.99. The SMILES string of the molecule is CCCNc1cc(C)ccc1C(=O)N(CCO)CC(F)F. The van der Waals surface area contributed by atoms with Crippen LogP contribution in [0, 0.1) is 6.92 Å². The van der Waals surface area contributed by atoms with Crippen LogP contribution in [-0.4, -0.2) is 48.6 Å². The van der Waals surface area contributed by atoms with Crippen molar-refractivity contribution < 1.29 is 18.7 Å². The molecular formula is C15H22F2N2O2. The van der Waals surface area contributed by atoms with Crippen LogP contribution in [0.25, 0.3) is 0 Å². The fourth-order valence-corrected chi connectivity index (χ4v) is 1.98. The van der Waals surface area contributed by atoms with E-state index in [9.17, 15) is 13.6 Å². The van der Waals surface area contributed by atoms with Gasteiger partial charge in [-0.2, -0.15) is 0 Å². The maximum atomic E-state index is 12.6. The Hall–Kier alpha value is -1.69. The Morgan fingerprint density at radius 2 is 2.14 bits per heavy atom. The van der Waals surface area contributed by atoms with E-state index in [-0.39, 0.29) is 13.2 Å². The molecule has 0 unspecified atom stereocenters. The maximum absolute atomic E-state index is 12.6. The Morgan fingerprint density at radius 3 is 2.71 bits per heavy atom. The Labute approximate surface area is 123 Å². The van der Waals surface area contributed by atoms with E-state index < -0.39 is 18.9 Å². The minimum absolute atomic E-state index is 0.107. The van der Waals surface area contributed by atoms with Crippen LogP contribution in [0.2, 0.25) is 0 Å². The van der Waals surface area contributed by atoms with E-state index in [1.807, 2.05) is 19.9 Å². The molecule has 21 heavy (non-hydrogen) atoms. The van der Waals surface area contributed by atoms with Crippen molar-refractivity contribution in [2.24, 2.45) is 0 Å². The van der Waals surface area contributed by atoms with Gasteiger partial charge in [0.1, 0.15) is 0 Å². The average molecular weight is 300 g/mol. The van der Waals surface area contributed by atoms with Crippen molar-refractivity contribution in [3.63, 3.8) is 0 Å². The molecule has 4 nitrogen and oxygen atoms in total. The zero-order valence-electron chi connectivity index (χ0n) is 12.4. The van der Waals surface area contributed by atoms with E-state index in [1.54, 1.807) is 12.1 Å². The van der Waals surface area contributed by atoms with E-state index in [0.29, 0.717) is 17.8 Å². The Morgan fingerprint density at radius 1 is 1.43 bits per heavy atom. The number of aliphatic hydroxyl groups excluding tert-OH is 1. The molecule has 0 aliphatic heterocycles. The molecule has 0 bridgehead atoms. The first-order valence-electron chi connectivity index (χ1n) is 7.02. The second kappa shape index (κ2) is 8.56. The second-order valence-electron chi connectivity index (χ2n) is 4.84. The van der Waals surface area contributed by atoms with E-state index in [1.165, 1.54) is 0 Å². The van der Waals surface area contributed by atoms with Crippen molar-refractivity contribution in [1.82, 2.24) is 4.90 Å². The number of anilines is 1. The number of hydrogen-bond acceptors (Lipinski definition) is 3. The van der Waals surface area contributed by atoms with Crippen LogP contribution in [0.15, 0.2) is 18.2 Å². The molecule has 2 N–H and O–H groups in total. The highest BCUT2D eigenvalue weighted by Crippen LogP contribution is 2.20. The number of hydrogen-bond donors (Lipinski definition) is 2. The number of aliphatic hydroxyl groups is 1. The number of carbonyl (C=O) groups excluding carboxylic acids is 1. The van der Waals surface area contributed by atoms with Gasteiger partial charge in [-0.25, -0.2) is 8.78 Å². The summed E-state index contributed by atoms with van der Waals surface area (Å²) in [5.41, 5.74) is 1.97.